The lowest BCUT2D eigenvalue weighted by Gasteiger charge is -2.35. The molecule has 2 aliphatic rings. The summed E-state index contributed by atoms with van der Waals surface area (Å²) < 4.78 is 0. The lowest BCUT2D eigenvalue weighted by atomic mass is 9.91. The van der Waals surface area contributed by atoms with Crippen LogP contribution in [0.3, 0.4) is 0 Å². The summed E-state index contributed by atoms with van der Waals surface area (Å²) in [5.41, 5.74) is 6.93. The Kier molecular flexibility index (Phi) is 4.34. The zero-order chi connectivity index (χ0) is 17.4. The summed E-state index contributed by atoms with van der Waals surface area (Å²) >= 11 is 0. The molecule has 0 fully saturated rings. The fraction of sp³-hybridized carbons (Fsp3) is 0.409. The second kappa shape index (κ2) is 6.64. The van der Waals surface area contributed by atoms with E-state index in [2.05, 4.69) is 66.7 Å². The number of hydrogen-bond donors (Lipinski definition) is 1. The molecule has 2 aromatic rings. The average molecular weight is 334 g/mol. The number of carbonyl (C=O) groups is 1. The number of nitrogens with one attached hydrogen (secondary N) is 1. The van der Waals surface area contributed by atoms with Gasteiger partial charge in [-0.2, -0.15) is 0 Å². The number of rotatable bonds is 3. The molecular formula is C22H26N2O. The van der Waals surface area contributed by atoms with Crippen LogP contribution in [0.1, 0.15) is 27.8 Å². The maximum absolute atomic E-state index is 12.6. The molecule has 0 saturated heterocycles. The monoisotopic (exact) mass is 334 g/mol. The standard InChI is InChI=1S/C22H26N2O/c1-15-6-5-9-18-14-24(2)20(12-21(15)18)13-23-22(25)19-10-16-7-3-4-8-17(16)11-19/h3-9,19-20H,10-14H2,1-2H3,(H,23,25). The van der Waals surface area contributed by atoms with Crippen LogP contribution in [-0.4, -0.2) is 30.4 Å². The van der Waals surface area contributed by atoms with E-state index in [4.69, 9.17) is 0 Å². The molecule has 25 heavy (non-hydrogen) atoms. The van der Waals surface area contributed by atoms with Crippen molar-refractivity contribution in [2.24, 2.45) is 5.92 Å². The number of carbonyl (C=O) groups excluding carboxylic acids is 1. The van der Waals surface area contributed by atoms with Gasteiger partial charge in [0.2, 0.25) is 5.91 Å². The molecule has 1 aliphatic heterocycles. The van der Waals surface area contributed by atoms with Crippen LogP contribution in [0.4, 0.5) is 0 Å². The first-order chi connectivity index (χ1) is 12.1. The molecule has 1 N–H and O–H groups in total. The molecule has 2 aromatic carbocycles. The molecule has 4 rings (SSSR count). The Morgan fingerprint density at radius 3 is 2.44 bits per heavy atom. The van der Waals surface area contributed by atoms with Crippen molar-refractivity contribution in [3.63, 3.8) is 0 Å². The van der Waals surface area contributed by atoms with E-state index >= 15 is 0 Å². The first-order valence-electron chi connectivity index (χ1n) is 9.24. The van der Waals surface area contributed by atoms with Gasteiger partial charge in [-0.05, 0) is 61.1 Å². The number of benzene rings is 2. The van der Waals surface area contributed by atoms with E-state index < -0.39 is 0 Å². The Morgan fingerprint density at radius 2 is 1.72 bits per heavy atom. The van der Waals surface area contributed by atoms with Crippen molar-refractivity contribution in [3.8, 4) is 0 Å². The van der Waals surface area contributed by atoms with Gasteiger partial charge in [-0.1, -0.05) is 42.5 Å². The molecule has 0 radical (unpaired) electrons. The number of likely N-dealkylation sites (N-methyl/N-ethyl adjacent to an activating group) is 1. The highest BCUT2D eigenvalue weighted by atomic mass is 16.1. The average Bonchev–Trinajstić information content (AvgIpc) is 3.04. The van der Waals surface area contributed by atoms with E-state index in [1.54, 1.807) is 0 Å². The Morgan fingerprint density at radius 1 is 1.04 bits per heavy atom. The first kappa shape index (κ1) is 16.3. The summed E-state index contributed by atoms with van der Waals surface area (Å²) in [5, 5.41) is 3.23. The van der Waals surface area contributed by atoms with Gasteiger partial charge in [-0.25, -0.2) is 0 Å². The fourth-order valence-electron chi connectivity index (χ4n) is 4.33. The van der Waals surface area contributed by atoms with Crippen molar-refractivity contribution >= 4 is 5.91 Å². The highest BCUT2D eigenvalue weighted by Gasteiger charge is 2.29. The van der Waals surface area contributed by atoms with Crippen LogP contribution < -0.4 is 5.32 Å². The van der Waals surface area contributed by atoms with Gasteiger partial charge in [0.25, 0.3) is 0 Å². The zero-order valence-corrected chi connectivity index (χ0v) is 15.1. The molecule has 1 unspecified atom stereocenters. The van der Waals surface area contributed by atoms with E-state index in [9.17, 15) is 4.79 Å². The van der Waals surface area contributed by atoms with Crippen molar-refractivity contribution in [2.75, 3.05) is 13.6 Å². The third kappa shape index (κ3) is 3.21. The molecule has 0 saturated carbocycles. The van der Waals surface area contributed by atoms with Crippen molar-refractivity contribution in [2.45, 2.75) is 38.8 Å². The van der Waals surface area contributed by atoms with Crippen molar-refractivity contribution in [1.29, 1.82) is 0 Å². The van der Waals surface area contributed by atoms with Gasteiger partial charge in [0, 0.05) is 25.0 Å². The summed E-state index contributed by atoms with van der Waals surface area (Å²) in [5.74, 6) is 0.306. The number of amides is 1. The molecule has 1 amide bonds. The minimum Gasteiger partial charge on any atom is -0.354 e. The SMILES string of the molecule is Cc1cccc2c1CC(CNC(=O)C1Cc3ccccc3C1)N(C)C2. The van der Waals surface area contributed by atoms with E-state index in [1.807, 2.05) is 0 Å². The summed E-state index contributed by atoms with van der Waals surface area (Å²) in [6.45, 7) is 3.89. The Balaban J connectivity index is 1.37. The van der Waals surface area contributed by atoms with Crippen LogP contribution in [0.25, 0.3) is 0 Å². The maximum Gasteiger partial charge on any atom is 0.223 e. The zero-order valence-electron chi connectivity index (χ0n) is 15.1. The molecule has 0 bridgehead atoms. The van der Waals surface area contributed by atoms with E-state index in [0.29, 0.717) is 6.04 Å². The first-order valence-corrected chi connectivity index (χ1v) is 9.24. The minimum absolute atomic E-state index is 0.0975. The summed E-state index contributed by atoms with van der Waals surface area (Å²) in [4.78, 5) is 15.0. The molecule has 3 heteroatoms. The van der Waals surface area contributed by atoms with Gasteiger partial charge in [0.15, 0.2) is 0 Å². The third-order valence-corrected chi connectivity index (χ3v) is 5.92. The van der Waals surface area contributed by atoms with Crippen LogP contribution in [0.2, 0.25) is 0 Å². The molecular weight excluding hydrogens is 308 g/mol. The van der Waals surface area contributed by atoms with Crippen molar-refractivity contribution in [3.05, 3.63) is 70.3 Å². The van der Waals surface area contributed by atoms with Crippen LogP contribution in [0.15, 0.2) is 42.5 Å². The Bertz CT molecular complexity index is 773. The van der Waals surface area contributed by atoms with Crippen LogP contribution in [-0.2, 0) is 30.6 Å². The molecule has 0 aromatic heterocycles. The molecule has 130 valence electrons. The summed E-state index contributed by atoms with van der Waals surface area (Å²) in [6, 6.07) is 15.4. The molecule has 0 spiro atoms. The smallest absolute Gasteiger partial charge is 0.223 e. The molecule has 1 atom stereocenters. The fourth-order valence-corrected chi connectivity index (χ4v) is 4.33. The largest absolute Gasteiger partial charge is 0.354 e. The number of hydrogen-bond acceptors (Lipinski definition) is 2. The predicted octanol–water partition coefficient (Wildman–Crippen LogP) is 2.88. The second-order valence-corrected chi connectivity index (χ2v) is 7.60. The normalized spacial score (nSPS) is 20.2. The van der Waals surface area contributed by atoms with Crippen LogP contribution >= 0.6 is 0 Å². The maximum atomic E-state index is 12.6. The van der Waals surface area contributed by atoms with Gasteiger partial charge < -0.3 is 5.32 Å². The van der Waals surface area contributed by atoms with Crippen molar-refractivity contribution < 1.29 is 4.79 Å². The van der Waals surface area contributed by atoms with Crippen LogP contribution in [0, 0.1) is 12.8 Å². The van der Waals surface area contributed by atoms with Crippen LogP contribution in [0.5, 0.6) is 0 Å². The van der Waals surface area contributed by atoms with Gasteiger partial charge >= 0.3 is 0 Å². The summed E-state index contributed by atoms with van der Waals surface area (Å²) in [7, 11) is 2.16. The number of nitrogens with zero attached hydrogens (tertiary/aromatic N) is 1. The third-order valence-electron chi connectivity index (χ3n) is 5.92. The lowest BCUT2D eigenvalue weighted by Crippen LogP contribution is -2.47. The minimum atomic E-state index is 0.0975. The quantitative estimate of drug-likeness (QED) is 0.936. The Labute approximate surface area is 150 Å². The van der Waals surface area contributed by atoms with Gasteiger partial charge in [-0.15, -0.1) is 0 Å². The predicted molar refractivity (Wildman–Crippen MR) is 100 cm³/mol. The Hall–Kier alpha value is -2.13. The highest BCUT2D eigenvalue weighted by Crippen LogP contribution is 2.27. The van der Waals surface area contributed by atoms with Gasteiger partial charge in [-0.3, -0.25) is 9.69 Å². The molecule has 1 aliphatic carbocycles. The van der Waals surface area contributed by atoms with E-state index in [-0.39, 0.29) is 11.8 Å². The number of aryl methyl sites for hydroxylation is 1. The van der Waals surface area contributed by atoms with E-state index in [0.717, 1.165) is 32.4 Å². The lowest BCUT2D eigenvalue weighted by molar-refractivity contribution is -0.125. The highest BCUT2D eigenvalue weighted by molar-refractivity contribution is 5.80. The van der Waals surface area contributed by atoms with E-state index in [1.165, 1.54) is 27.8 Å². The second-order valence-electron chi connectivity index (χ2n) is 7.60. The number of fused-ring (bicyclic) bond motifs is 2. The summed E-state index contributed by atoms with van der Waals surface area (Å²) in [6.07, 6.45) is 2.78. The molecule has 1 heterocycles. The van der Waals surface area contributed by atoms with Gasteiger partial charge in [0.05, 0.1) is 0 Å². The van der Waals surface area contributed by atoms with Crippen molar-refractivity contribution in [1.82, 2.24) is 10.2 Å². The van der Waals surface area contributed by atoms with Gasteiger partial charge in [0.1, 0.15) is 0 Å². The topological polar surface area (TPSA) is 32.3 Å². The molecule has 3 nitrogen and oxygen atoms in total.